The van der Waals surface area contributed by atoms with E-state index < -0.39 is 5.60 Å². The second-order valence-corrected chi connectivity index (χ2v) is 15.9. The predicted molar refractivity (Wildman–Crippen MR) is 239 cm³/mol. The number of carbonyl (C=O) groups is 1. The van der Waals surface area contributed by atoms with Gasteiger partial charge >= 0.3 is 0 Å². The number of phenols is 2. The van der Waals surface area contributed by atoms with Crippen LogP contribution in [0, 0.1) is 41.5 Å². The van der Waals surface area contributed by atoms with Gasteiger partial charge in [-0.3, -0.25) is 4.79 Å². The molecule has 0 aliphatic carbocycles. The molecule has 0 atom stereocenters. The molecule has 0 heterocycles. The molecule has 4 aromatic rings. The molecule has 0 radical (unpaired) electrons. The maximum absolute atomic E-state index is 11.6. The van der Waals surface area contributed by atoms with E-state index in [1.165, 1.54) is 33.4 Å². The Morgan fingerprint density at radius 2 is 0.839 bits per heavy atom. The molecule has 0 bridgehead atoms. The normalized spacial score (nSPS) is 12.3. The van der Waals surface area contributed by atoms with Crippen molar-refractivity contribution < 1.29 is 20.1 Å². The summed E-state index contributed by atoms with van der Waals surface area (Å²) < 4.78 is 0. The first-order chi connectivity index (χ1) is 26.4. The molecule has 56 heavy (non-hydrogen) atoms. The zero-order chi connectivity index (χ0) is 42.0. The fourth-order valence-corrected chi connectivity index (χ4v) is 8.28. The van der Waals surface area contributed by atoms with Crippen LogP contribution in [0.1, 0.15) is 160 Å². The van der Waals surface area contributed by atoms with Gasteiger partial charge in [0.15, 0.2) is 5.78 Å². The summed E-state index contributed by atoms with van der Waals surface area (Å²) in [5.41, 5.74) is 12.5. The molecule has 0 saturated heterocycles. The molecule has 0 aromatic heterocycles. The van der Waals surface area contributed by atoms with Crippen LogP contribution in [0.25, 0.3) is 12.2 Å². The Hall–Kier alpha value is -4.41. The van der Waals surface area contributed by atoms with Crippen LogP contribution in [-0.4, -0.2) is 26.7 Å². The Labute approximate surface area is 339 Å². The number of rotatable bonds is 15. The molecule has 0 amide bonds. The van der Waals surface area contributed by atoms with Crippen LogP contribution < -0.4 is 0 Å². The van der Waals surface area contributed by atoms with Crippen molar-refractivity contribution in [3.05, 3.63) is 140 Å². The zero-order valence-corrected chi connectivity index (χ0v) is 36.8. The molecule has 0 spiro atoms. The summed E-state index contributed by atoms with van der Waals surface area (Å²) in [5, 5.41) is 31.0. The minimum absolute atomic E-state index is 0.0796. The number of phenolic OH excluding ortho intramolecular Hbond substituents is 2. The fraction of sp³-hybridized carbons (Fsp3) is 0.442. The minimum Gasteiger partial charge on any atom is -0.507 e. The average Bonchev–Trinajstić information content (AvgIpc) is 3.19. The van der Waals surface area contributed by atoms with Crippen LogP contribution in [0.15, 0.2) is 72.8 Å². The maximum Gasteiger partial charge on any atom is 0.155 e. The highest BCUT2D eigenvalue weighted by atomic mass is 16.3. The van der Waals surface area contributed by atoms with Crippen molar-refractivity contribution in [1.29, 1.82) is 0 Å². The van der Waals surface area contributed by atoms with Gasteiger partial charge in [-0.1, -0.05) is 127 Å². The average molecular weight is 759 g/mol. The SMILES string of the molecule is CCC(=O)/C=C/c1ccc(C(CC)(CC)c2cc(C)c(O)c(C)c2)cc1C.CCC(O)(/C=C/c1ccc(C(CC)(CC)c2cc(C)c(O)c(C)c2)cc1C)CC. The summed E-state index contributed by atoms with van der Waals surface area (Å²) in [5.74, 6) is 0.924. The lowest BCUT2D eigenvalue weighted by atomic mass is 9.69. The van der Waals surface area contributed by atoms with Gasteiger partial charge in [-0.25, -0.2) is 0 Å². The van der Waals surface area contributed by atoms with E-state index in [0.717, 1.165) is 59.1 Å². The third-order valence-electron chi connectivity index (χ3n) is 12.7. The lowest BCUT2D eigenvalue weighted by Gasteiger charge is -2.34. The molecule has 4 aromatic carbocycles. The van der Waals surface area contributed by atoms with Gasteiger partial charge in [-0.05, 0) is 153 Å². The second-order valence-electron chi connectivity index (χ2n) is 15.9. The molecule has 0 aliphatic rings. The number of aromatic hydroxyl groups is 2. The van der Waals surface area contributed by atoms with Gasteiger partial charge in [0.05, 0.1) is 5.60 Å². The number of hydrogen-bond donors (Lipinski definition) is 3. The molecule has 0 unspecified atom stereocenters. The molecular formula is C52H70O4. The first-order valence-electron chi connectivity index (χ1n) is 20.9. The zero-order valence-electron chi connectivity index (χ0n) is 36.8. The summed E-state index contributed by atoms with van der Waals surface area (Å²) >= 11 is 0. The smallest absolute Gasteiger partial charge is 0.155 e. The number of aliphatic hydroxyl groups is 1. The number of carbonyl (C=O) groups excluding carboxylic acids is 1. The predicted octanol–water partition coefficient (Wildman–Crippen LogP) is 13.4. The highest BCUT2D eigenvalue weighted by Crippen LogP contribution is 2.43. The highest BCUT2D eigenvalue weighted by Gasteiger charge is 2.33. The summed E-state index contributed by atoms with van der Waals surface area (Å²) in [6, 6.07) is 21.8. The van der Waals surface area contributed by atoms with Crippen molar-refractivity contribution in [1.82, 2.24) is 0 Å². The van der Waals surface area contributed by atoms with E-state index in [1.54, 1.807) is 6.08 Å². The van der Waals surface area contributed by atoms with Crippen molar-refractivity contribution >= 4 is 17.9 Å². The number of hydrogen-bond acceptors (Lipinski definition) is 4. The van der Waals surface area contributed by atoms with Crippen LogP contribution in [-0.2, 0) is 15.6 Å². The van der Waals surface area contributed by atoms with E-state index in [4.69, 9.17) is 0 Å². The first-order valence-corrected chi connectivity index (χ1v) is 20.9. The monoisotopic (exact) mass is 759 g/mol. The molecule has 0 aliphatic heterocycles. The fourth-order valence-electron chi connectivity index (χ4n) is 8.28. The van der Waals surface area contributed by atoms with Crippen LogP contribution in [0.3, 0.4) is 0 Å². The van der Waals surface area contributed by atoms with Crippen molar-refractivity contribution in [3.8, 4) is 11.5 Å². The van der Waals surface area contributed by atoms with E-state index in [2.05, 4.69) is 108 Å². The minimum atomic E-state index is -0.733. The van der Waals surface area contributed by atoms with Gasteiger partial charge in [-0.15, -0.1) is 0 Å². The van der Waals surface area contributed by atoms with Gasteiger partial charge in [0, 0.05) is 17.3 Å². The Balaban J connectivity index is 0.000000301. The van der Waals surface area contributed by atoms with E-state index in [0.29, 0.717) is 30.8 Å². The number of ketones is 1. The van der Waals surface area contributed by atoms with Crippen molar-refractivity contribution in [2.45, 2.75) is 151 Å². The number of aryl methyl sites for hydroxylation is 6. The molecule has 0 fully saturated rings. The Morgan fingerprint density at radius 3 is 1.14 bits per heavy atom. The number of allylic oxidation sites excluding steroid dienone is 1. The topological polar surface area (TPSA) is 77.8 Å². The molecule has 302 valence electrons. The van der Waals surface area contributed by atoms with Crippen molar-refractivity contribution in [2.75, 3.05) is 0 Å². The lowest BCUT2D eigenvalue weighted by molar-refractivity contribution is -0.114. The highest BCUT2D eigenvalue weighted by molar-refractivity contribution is 5.93. The van der Waals surface area contributed by atoms with Gasteiger partial charge in [0.2, 0.25) is 0 Å². The number of benzene rings is 4. The van der Waals surface area contributed by atoms with Crippen LogP contribution in [0.2, 0.25) is 0 Å². The van der Waals surface area contributed by atoms with Crippen molar-refractivity contribution in [2.24, 2.45) is 0 Å². The molecule has 0 saturated carbocycles. The first kappa shape index (κ1) is 46.0. The van der Waals surface area contributed by atoms with Gasteiger partial charge in [-0.2, -0.15) is 0 Å². The molecular weight excluding hydrogens is 689 g/mol. The van der Waals surface area contributed by atoms with Gasteiger partial charge in [0.1, 0.15) is 11.5 Å². The van der Waals surface area contributed by atoms with Crippen LogP contribution >= 0.6 is 0 Å². The second kappa shape index (κ2) is 19.6. The summed E-state index contributed by atoms with van der Waals surface area (Å²) in [6.45, 7) is 27.0. The Bertz CT molecular complexity index is 1970. The molecule has 3 N–H and O–H groups in total. The lowest BCUT2D eigenvalue weighted by Crippen LogP contribution is -2.26. The maximum atomic E-state index is 11.6. The van der Waals surface area contributed by atoms with Crippen LogP contribution in [0.5, 0.6) is 11.5 Å². The third kappa shape index (κ3) is 9.93. The molecule has 4 rings (SSSR count). The Morgan fingerprint density at radius 1 is 0.500 bits per heavy atom. The van der Waals surface area contributed by atoms with Crippen molar-refractivity contribution in [3.63, 3.8) is 0 Å². The Kier molecular flexibility index (Phi) is 16.1. The largest absolute Gasteiger partial charge is 0.507 e. The van der Waals surface area contributed by atoms with Gasteiger partial charge in [0.25, 0.3) is 0 Å². The van der Waals surface area contributed by atoms with E-state index >= 15 is 0 Å². The molecule has 4 nitrogen and oxygen atoms in total. The quantitative estimate of drug-likeness (QED) is 0.106. The summed E-state index contributed by atoms with van der Waals surface area (Å²) in [6.07, 6.45) is 13.5. The molecule has 4 heteroatoms. The summed E-state index contributed by atoms with van der Waals surface area (Å²) in [4.78, 5) is 11.6. The van der Waals surface area contributed by atoms with E-state index in [9.17, 15) is 20.1 Å². The van der Waals surface area contributed by atoms with Gasteiger partial charge < -0.3 is 15.3 Å². The van der Waals surface area contributed by atoms with E-state index in [1.807, 2.05) is 60.6 Å². The third-order valence-corrected chi connectivity index (χ3v) is 12.7. The summed E-state index contributed by atoms with van der Waals surface area (Å²) in [7, 11) is 0. The standard InChI is InChI=1S/C27H38O2.C25H32O2/c1-8-26(29,9-2)15-14-22-12-13-23(16-19(22)5)27(10-3,11-4)24-17-20(6)25(28)21(7)18-24;1-7-23(26)13-11-20-10-12-21(14-17(20)4)25(8-2,9-3)22-15-18(5)24(27)19(6)16-22/h12-18,28-29H,8-11H2,1-7H3;10-16,27H,7-9H2,1-6H3/b15-14+;13-11+. The van der Waals surface area contributed by atoms with E-state index in [-0.39, 0.29) is 16.6 Å². The van der Waals surface area contributed by atoms with Crippen LogP contribution in [0.4, 0.5) is 0 Å².